The molecule has 18 heavy (non-hydrogen) atoms. The van der Waals surface area contributed by atoms with E-state index in [4.69, 9.17) is 35.2 Å². The lowest BCUT2D eigenvalue weighted by molar-refractivity contribution is -0.245. The van der Waals surface area contributed by atoms with Crippen molar-refractivity contribution in [1.29, 1.82) is 0 Å². The fourth-order valence-corrected chi connectivity index (χ4v) is 0.577. The van der Waals surface area contributed by atoms with Crippen LogP contribution in [0.15, 0.2) is 12.5 Å². The highest BCUT2D eigenvalue weighted by molar-refractivity contribution is 7.30. The Balaban J connectivity index is 0. The van der Waals surface area contributed by atoms with E-state index in [-0.39, 0.29) is 0 Å². The molecule has 11 nitrogen and oxygen atoms in total. The molecular weight excluding hydrogens is 292 g/mol. The van der Waals surface area contributed by atoms with Gasteiger partial charge in [0.25, 0.3) is 0 Å². The number of rotatable bonds is 4. The second-order valence-corrected chi connectivity index (χ2v) is 3.45. The predicted molar refractivity (Wildman–Crippen MR) is 54.0 cm³/mol. The van der Waals surface area contributed by atoms with Crippen LogP contribution in [0.3, 0.4) is 0 Å². The topological polar surface area (TPSA) is 194 Å². The van der Waals surface area contributed by atoms with Crippen LogP contribution in [-0.4, -0.2) is 27.0 Å². The third-order valence-electron chi connectivity index (χ3n) is 1.10. The number of aromatic nitrogens is 2. The van der Waals surface area contributed by atoms with Crippen LogP contribution in [-0.2, 0) is 24.9 Å². The van der Waals surface area contributed by atoms with Gasteiger partial charge in [0.05, 0.1) is 6.33 Å². The summed E-state index contributed by atoms with van der Waals surface area (Å²) in [5.41, 5.74) is 6.38. The molecule has 0 amide bonds. The molecular formula is C5H11N3O8P2. The Bertz CT molecular complexity index is 307. The summed E-state index contributed by atoms with van der Waals surface area (Å²) in [5.74, 6) is 0. The van der Waals surface area contributed by atoms with Crippen molar-refractivity contribution in [2.45, 2.75) is 6.42 Å². The fourth-order valence-electron chi connectivity index (χ4n) is 0.577. The number of nitrogens with zero attached hydrogens (tertiary/aromatic N) is 1. The summed E-state index contributed by atoms with van der Waals surface area (Å²) in [6.07, 6.45) is 4.33. The third kappa shape index (κ3) is 17.5. The van der Waals surface area contributed by atoms with Gasteiger partial charge in [-0.05, 0) is 15.7 Å². The van der Waals surface area contributed by atoms with Crippen molar-refractivity contribution >= 4 is 16.5 Å². The van der Waals surface area contributed by atoms with Crippen LogP contribution in [0.1, 0.15) is 5.69 Å². The first-order chi connectivity index (χ1) is 8.47. The molecule has 2 unspecified atom stereocenters. The van der Waals surface area contributed by atoms with Crippen LogP contribution >= 0.6 is 16.5 Å². The quantitative estimate of drug-likeness (QED) is 0.301. The Labute approximate surface area is 103 Å². The molecule has 0 saturated carbocycles. The molecule has 0 spiro atoms. The average Bonchev–Trinajstić information content (AvgIpc) is 2.84. The summed E-state index contributed by atoms with van der Waals surface area (Å²) in [4.78, 5) is 24.6. The predicted octanol–water partition coefficient (Wildman–Crippen LogP) is -1.10. The molecule has 2 atom stereocenters. The van der Waals surface area contributed by atoms with Gasteiger partial charge in [-0.1, -0.05) is 0 Å². The van der Waals surface area contributed by atoms with E-state index in [2.05, 4.69) is 19.3 Å². The van der Waals surface area contributed by atoms with Gasteiger partial charge in [0.15, 0.2) is 0 Å². The number of nitrogens with one attached hydrogen (secondary N) is 1. The van der Waals surface area contributed by atoms with E-state index in [1.54, 1.807) is 12.5 Å². The summed E-state index contributed by atoms with van der Waals surface area (Å²) >= 11 is 0. The molecule has 0 saturated heterocycles. The summed E-state index contributed by atoms with van der Waals surface area (Å²) in [6.45, 7) is 0.683. The second kappa shape index (κ2) is 14.2. The molecule has 1 aromatic rings. The number of hydrogen-bond acceptors (Lipinski definition) is 10. The minimum absolute atomic E-state index is 0.683. The van der Waals surface area contributed by atoms with E-state index in [1.807, 2.05) is 0 Å². The number of nitrogens with two attached hydrogens (primary N) is 1. The van der Waals surface area contributed by atoms with E-state index in [9.17, 15) is 0 Å². The zero-order valence-electron chi connectivity index (χ0n) is 8.83. The van der Waals surface area contributed by atoms with Gasteiger partial charge in [-0.25, -0.2) is 15.5 Å². The highest BCUT2D eigenvalue weighted by Crippen LogP contribution is 2.02. The SMILES string of the molecule is NCCc1cnc[nH]1.O=[P+]([O-])OO.O=[P+]([O-])OO. The first-order valence-corrected chi connectivity index (χ1v) is 6.26. The van der Waals surface area contributed by atoms with Crippen LogP contribution in [0.2, 0.25) is 0 Å². The molecule has 1 aromatic heterocycles. The van der Waals surface area contributed by atoms with Crippen molar-refractivity contribution in [3.8, 4) is 0 Å². The van der Waals surface area contributed by atoms with Crippen molar-refractivity contribution in [2.75, 3.05) is 6.54 Å². The lowest BCUT2D eigenvalue weighted by atomic mass is 10.3. The fraction of sp³-hybridized carbons (Fsp3) is 0.400. The summed E-state index contributed by atoms with van der Waals surface area (Å²) in [7, 11) is -6.09. The standard InChI is InChI=1S/C5H9N3.2HO4P/c6-2-1-5-3-7-4-8-5;2*1-4-5(2)3/h3-4H,1-2,6H2,(H,7,8);2*1H. The van der Waals surface area contributed by atoms with Gasteiger partial charge < -0.3 is 20.5 Å². The molecule has 0 aliphatic rings. The van der Waals surface area contributed by atoms with Gasteiger partial charge in [-0.2, -0.15) is 0 Å². The van der Waals surface area contributed by atoms with Gasteiger partial charge >= 0.3 is 16.5 Å². The first-order valence-electron chi connectivity index (χ1n) is 4.07. The number of hydrogen-bond donors (Lipinski definition) is 4. The molecule has 0 aliphatic carbocycles. The largest absolute Gasteiger partial charge is 0.565 e. The van der Waals surface area contributed by atoms with E-state index >= 15 is 0 Å². The van der Waals surface area contributed by atoms with E-state index in [0.29, 0.717) is 6.54 Å². The molecule has 13 heteroatoms. The molecule has 0 aliphatic heterocycles. The van der Waals surface area contributed by atoms with Gasteiger partial charge in [0.1, 0.15) is 0 Å². The Kier molecular flexibility index (Phi) is 15.4. The first kappa shape index (κ1) is 19.5. The Morgan fingerprint density at radius 1 is 1.33 bits per heavy atom. The molecule has 0 fully saturated rings. The molecule has 0 aromatic carbocycles. The third-order valence-corrected chi connectivity index (χ3v) is 1.37. The van der Waals surface area contributed by atoms with Crippen molar-refractivity contribution in [1.82, 2.24) is 9.97 Å². The Morgan fingerprint density at radius 2 is 1.78 bits per heavy atom. The normalized spacial score (nSPS) is 10.5. The van der Waals surface area contributed by atoms with Crippen LogP contribution in [0, 0.1) is 0 Å². The van der Waals surface area contributed by atoms with Crippen molar-refractivity contribution < 1.29 is 38.8 Å². The maximum absolute atomic E-state index is 8.93. The molecule has 1 heterocycles. The number of aromatic amines is 1. The summed E-state index contributed by atoms with van der Waals surface area (Å²) in [5, 5.41) is 14.1. The zero-order chi connectivity index (χ0) is 14.4. The molecule has 5 N–H and O–H groups in total. The highest BCUT2D eigenvalue weighted by atomic mass is 31.1. The van der Waals surface area contributed by atoms with Crippen molar-refractivity contribution in [2.24, 2.45) is 5.73 Å². The highest BCUT2D eigenvalue weighted by Gasteiger charge is 1.91. The zero-order valence-corrected chi connectivity index (χ0v) is 10.6. The molecule has 1 rings (SSSR count). The summed E-state index contributed by atoms with van der Waals surface area (Å²) < 4.78 is 23.3. The van der Waals surface area contributed by atoms with Gasteiger partial charge in [0, 0.05) is 27.7 Å². The van der Waals surface area contributed by atoms with Crippen molar-refractivity contribution in [3.05, 3.63) is 18.2 Å². The Morgan fingerprint density at radius 3 is 2.00 bits per heavy atom. The monoisotopic (exact) mass is 303 g/mol. The smallest absolute Gasteiger partial charge is 0.521 e. The van der Waals surface area contributed by atoms with Gasteiger partial charge in [-0.15, -0.1) is 0 Å². The van der Waals surface area contributed by atoms with Crippen LogP contribution in [0.25, 0.3) is 0 Å². The van der Waals surface area contributed by atoms with Crippen molar-refractivity contribution in [3.63, 3.8) is 0 Å². The number of H-pyrrole nitrogens is 1. The maximum atomic E-state index is 8.93. The van der Waals surface area contributed by atoms with Gasteiger partial charge in [-0.3, -0.25) is 0 Å². The van der Waals surface area contributed by atoms with Gasteiger partial charge in [0.2, 0.25) is 0 Å². The molecule has 0 bridgehead atoms. The lowest BCUT2D eigenvalue weighted by Gasteiger charge is -1.86. The van der Waals surface area contributed by atoms with Crippen LogP contribution in [0.4, 0.5) is 0 Å². The van der Waals surface area contributed by atoms with E-state index < -0.39 is 16.5 Å². The summed E-state index contributed by atoms with van der Waals surface area (Å²) in [6, 6.07) is 0. The molecule has 104 valence electrons. The average molecular weight is 303 g/mol. The minimum atomic E-state index is -3.04. The van der Waals surface area contributed by atoms with E-state index in [0.717, 1.165) is 12.1 Å². The second-order valence-electron chi connectivity index (χ2n) is 2.23. The maximum Gasteiger partial charge on any atom is 0.521 e. The van der Waals surface area contributed by atoms with Crippen LogP contribution < -0.4 is 15.5 Å². The molecule has 0 radical (unpaired) electrons. The Hall–Kier alpha value is -0.870. The van der Waals surface area contributed by atoms with Crippen LogP contribution in [0.5, 0.6) is 0 Å². The minimum Gasteiger partial charge on any atom is -0.565 e. The van der Waals surface area contributed by atoms with E-state index in [1.165, 1.54) is 0 Å². The number of imidazole rings is 1. The lowest BCUT2D eigenvalue weighted by Crippen LogP contribution is -2.02.